The zero-order chi connectivity index (χ0) is 13.1. The molecule has 0 aliphatic heterocycles. The third kappa shape index (κ3) is 2.52. The summed E-state index contributed by atoms with van der Waals surface area (Å²) in [6.07, 6.45) is 2.08. The number of aromatic nitrogens is 1. The van der Waals surface area contributed by atoms with Crippen molar-refractivity contribution in [2.75, 3.05) is 0 Å². The second-order valence-electron chi connectivity index (χ2n) is 4.50. The summed E-state index contributed by atoms with van der Waals surface area (Å²) in [6.45, 7) is 0. The minimum atomic E-state index is 0.101. The van der Waals surface area contributed by atoms with E-state index >= 15 is 0 Å². The molecule has 19 heavy (non-hydrogen) atoms. The van der Waals surface area contributed by atoms with Crippen molar-refractivity contribution < 1.29 is 4.79 Å². The minimum Gasteiger partial charge on any atom is -0.294 e. The van der Waals surface area contributed by atoms with Gasteiger partial charge in [0.25, 0.3) is 0 Å². The molecule has 0 aliphatic rings. The molecule has 0 aliphatic carbocycles. The van der Waals surface area contributed by atoms with Crippen LogP contribution in [0.25, 0.3) is 10.9 Å². The summed E-state index contributed by atoms with van der Waals surface area (Å²) in [5.41, 5.74) is 2.61. The Bertz CT molecular complexity index is 719. The van der Waals surface area contributed by atoms with E-state index in [4.69, 9.17) is 0 Å². The van der Waals surface area contributed by atoms with E-state index < -0.39 is 0 Å². The Labute approximate surface area is 111 Å². The molecule has 92 valence electrons. The number of hydrogen-bond donors (Lipinski definition) is 0. The Hall–Kier alpha value is -2.48. The monoisotopic (exact) mass is 247 g/mol. The van der Waals surface area contributed by atoms with E-state index in [9.17, 15) is 4.79 Å². The van der Waals surface area contributed by atoms with Crippen molar-refractivity contribution in [1.29, 1.82) is 0 Å². The number of Topliss-reactive ketones (excluding diaryl/α,β-unsaturated/α-hetero) is 1. The van der Waals surface area contributed by atoms with Gasteiger partial charge in [0.05, 0.1) is 5.52 Å². The standard InChI is InChI=1S/C17H13NO/c19-17(10-13-6-2-1-3-7-13)15-11-14-8-4-5-9-16(14)18-12-15/h1-9,11-12H,10H2. The summed E-state index contributed by atoms with van der Waals surface area (Å²) >= 11 is 0. The maximum absolute atomic E-state index is 12.2. The molecule has 0 bridgehead atoms. The van der Waals surface area contributed by atoms with Crippen molar-refractivity contribution in [2.45, 2.75) is 6.42 Å². The maximum Gasteiger partial charge on any atom is 0.168 e. The van der Waals surface area contributed by atoms with Gasteiger partial charge in [0.2, 0.25) is 0 Å². The molecule has 3 aromatic rings. The molecule has 2 nitrogen and oxygen atoms in total. The molecule has 0 unspecified atom stereocenters. The Morgan fingerprint density at radius 1 is 0.947 bits per heavy atom. The lowest BCUT2D eigenvalue weighted by Crippen LogP contribution is -2.04. The van der Waals surface area contributed by atoms with Crippen molar-refractivity contribution in [3.05, 3.63) is 78.0 Å². The maximum atomic E-state index is 12.2. The summed E-state index contributed by atoms with van der Waals surface area (Å²) in [5, 5.41) is 1.00. The first-order valence-electron chi connectivity index (χ1n) is 6.25. The largest absolute Gasteiger partial charge is 0.294 e. The van der Waals surface area contributed by atoms with E-state index in [1.165, 1.54) is 0 Å². The molecule has 0 amide bonds. The molecule has 1 heterocycles. The number of carbonyl (C=O) groups excluding carboxylic acids is 1. The summed E-state index contributed by atoms with van der Waals surface area (Å²) in [4.78, 5) is 16.5. The highest BCUT2D eigenvalue weighted by molar-refractivity contribution is 5.99. The average molecular weight is 247 g/mol. The fraction of sp³-hybridized carbons (Fsp3) is 0.0588. The predicted octanol–water partition coefficient (Wildman–Crippen LogP) is 3.66. The van der Waals surface area contributed by atoms with Crippen LogP contribution in [0.3, 0.4) is 0 Å². The van der Waals surface area contributed by atoms with Crippen LogP contribution in [0.4, 0.5) is 0 Å². The normalized spacial score (nSPS) is 10.5. The van der Waals surface area contributed by atoms with Gasteiger partial charge in [-0.2, -0.15) is 0 Å². The highest BCUT2D eigenvalue weighted by Crippen LogP contribution is 2.14. The van der Waals surface area contributed by atoms with Crippen LogP contribution in [-0.2, 0) is 6.42 Å². The lowest BCUT2D eigenvalue weighted by Gasteiger charge is -2.03. The Kier molecular flexibility index (Phi) is 3.07. The zero-order valence-electron chi connectivity index (χ0n) is 10.4. The van der Waals surface area contributed by atoms with Crippen LogP contribution in [0.15, 0.2) is 66.9 Å². The molecule has 0 radical (unpaired) electrons. The van der Waals surface area contributed by atoms with Crippen LogP contribution >= 0.6 is 0 Å². The number of pyridine rings is 1. The molecule has 0 fully saturated rings. The summed E-state index contributed by atoms with van der Waals surface area (Å²) < 4.78 is 0. The number of ketones is 1. The van der Waals surface area contributed by atoms with E-state index in [0.717, 1.165) is 16.5 Å². The van der Waals surface area contributed by atoms with E-state index in [-0.39, 0.29) is 5.78 Å². The summed E-state index contributed by atoms with van der Waals surface area (Å²) in [5.74, 6) is 0.101. The van der Waals surface area contributed by atoms with Gasteiger partial charge in [0, 0.05) is 23.6 Å². The molecule has 0 N–H and O–H groups in total. The fourth-order valence-electron chi connectivity index (χ4n) is 2.11. The number of fused-ring (bicyclic) bond motifs is 1. The first-order valence-corrected chi connectivity index (χ1v) is 6.25. The van der Waals surface area contributed by atoms with Crippen LogP contribution in [0.1, 0.15) is 15.9 Å². The third-order valence-electron chi connectivity index (χ3n) is 3.12. The minimum absolute atomic E-state index is 0.101. The number of rotatable bonds is 3. The van der Waals surface area contributed by atoms with Crippen LogP contribution in [0.5, 0.6) is 0 Å². The van der Waals surface area contributed by atoms with E-state index in [0.29, 0.717) is 12.0 Å². The molecule has 1 aromatic heterocycles. The smallest absolute Gasteiger partial charge is 0.168 e. The molecule has 0 spiro atoms. The van der Waals surface area contributed by atoms with E-state index in [1.807, 2.05) is 60.7 Å². The number of benzene rings is 2. The van der Waals surface area contributed by atoms with E-state index in [2.05, 4.69) is 4.98 Å². The van der Waals surface area contributed by atoms with Gasteiger partial charge >= 0.3 is 0 Å². The van der Waals surface area contributed by atoms with Gasteiger partial charge in [0.15, 0.2) is 5.78 Å². The number of nitrogens with zero attached hydrogens (tertiary/aromatic N) is 1. The lowest BCUT2D eigenvalue weighted by molar-refractivity contribution is 0.0993. The molecule has 3 rings (SSSR count). The van der Waals surface area contributed by atoms with Crippen molar-refractivity contribution in [2.24, 2.45) is 0 Å². The van der Waals surface area contributed by atoms with Crippen molar-refractivity contribution in [1.82, 2.24) is 4.98 Å². The second-order valence-corrected chi connectivity index (χ2v) is 4.50. The number of hydrogen-bond acceptors (Lipinski definition) is 2. The van der Waals surface area contributed by atoms with E-state index in [1.54, 1.807) is 6.20 Å². The Morgan fingerprint density at radius 3 is 2.53 bits per heavy atom. The van der Waals surface area contributed by atoms with Gasteiger partial charge in [-0.3, -0.25) is 9.78 Å². The molecule has 0 saturated carbocycles. The number of para-hydroxylation sites is 1. The summed E-state index contributed by atoms with van der Waals surface area (Å²) in [7, 11) is 0. The van der Waals surface area contributed by atoms with Crippen LogP contribution in [0.2, 0.25) is 0 Å². The molecule has 2 aromatic carbocycles. The van der Waals surface area contributed by atoms with Gasteiger partial charge in [-0.1, -0.05) is 48.5 Å². The lowest BCUT2D eigenvalue weighted by atomic mass is 10.0. The van der Waals surface area contributed by atoms with Crippen molar-refractivity contribution in [3.63, 3.8) is 0 Å². The topological polar surface area (TPSA) is 30.0 Å². The molecule has 2 heteroatoms. The van der Waals surface area contributed by atoms with Gasteiger partial charge < -0.3 is 0 Å². The molecular formula is C17H13NO. The quantitative estimate of drug-likeness (QED) is 0.661. The highest BCUT2D eigenvalue weighted by atomic mass is 16.1. The van der Waals surface area contributed by atoms with Crippen LogP contribution in [0, 0.1) is 0 Å². The Balaban J connectivity index is 1.89. The fourth-order valence-corrected chi connectivity index (χ4v) is 2.11. The molecule has 0 saturated heterocycles. The summed E-state index contributed by atoms with van der Waals surface area (Å²) in [6, 6.07) is 19.5. The van der Waals surface area contributed by atoms with Crippen molar-refractivity contribution >= 4 is 16.7 Å². The van der Waals surface area contributed by atoms with Crippen LogP contribution in [-0.4, -0.2) is 10.8 Å². The predicted molar refractivity (Wildman–Crippen MR) is 76.2 cm³/mol. The van der Waals surface area contributed by atoms with Gasteiger partial charge in [-0.15, -0.1) is 0 Å². The zero-order valence-corrected chi connectivity index (χ0v) is 10.4. The number of carbonyl (C=O) groups is 1. The van der Waals surface area contributed by atoms with Crippen molar-refractivity contribution in [3.8, 4) is 0 Å². The second kappa shape index (κ2) is 5.02. The molecular weight excluding hydrogens is 234 g/mol. The highest BCUT2D eigenvalue weighted by Gasteiger charge is 2.08. The van der Waals surface area contributed by atoms with Gasteiger partial charge in [0.1, 0.15) is 0 Å². The van der Waals surface area contributed by atoms with Crippen LogP contribution < -0.4 is 0 Å². The van der Waals surface area contributed by atoms with Gasteiger partial charge in [-0.25, -0.2) is 0 Å². The Morgan fingerprint density at radius 2 is 1.68 bits per heavy atom. The average Bonchev–Trinajstić information content (AvgIpc) is 2.48. The molecule has 0 atom stereocenters. The SMILES string of the molecule is O=C(Cc1ccccc1)c1cnc2ccccc2c1. The first kappa shape index (κ1) is 11.6. The third-order valence-corrected chi connectivity index (χ3v) is 3.12. The first-order chi connectivity index (χ1) is 9.33. The van der Waals surface area contributed by atoms with Gasteiger partial charge in [-0.05, 0) is 17.7 Å².